The second-order valence-electron chi connectivity index (χ2n) is 11.6. The third-order valence-corrected chi connectivity index (χ3v) is 9.83. The number of aliphatic hydroxyl groups is 1. The topological polar surface area (TPSA) is 141 Å². The van der Waals surface area contributed by atoms with Gasteiger partial charge in [-0.2, -0.15) is 4.98 Å². The van der Waals surface area contributed by atoms with Gasteiger partial charge in [0, 0.05) is 11.2 Å². The number of nitrogens with one attached hydrogen (secondary N) is 2. The maximum Gasteiger partial charge on any atom is 0.280 e. The number of carbonyl (C=O) groups excluding carboxylic acids is 1. The summed E-state index contributed by atoms with van der Waals surface area (Å²) in [5, 5.41) is 13.4. The van der Waals surface area contributed by atoms with Crippen molar-refractivity contribution in [1.82, 2.24) is 19.5 Å². The summed E-state index contributed by atoms with van der Waals surface area (Å²) in [5.74, 6) is 0.922. The third-order valence-electron chi connectivity index (χ3n) is 8.30. The molecule has 0 radical (unpaired) electrons. The highest BCUT2D eigenvalue weighted by Crippen LogP contribution is 2.46. The van der Waals surface area contributed by atoms with Gasteiger partial charge in [0.05, 0.1) is 33.3 Å². The van der Waals surface area contributed by atoms with Gasteiger partial charge in [0.2, 0.25) is 11.9 Å². The van der Waals surface area contributed by atoms with Gasteiger partial charge in [-0.3, -0.25) is 24.5 Å². The van der Waals surface area contributed by atoms with Gasteiger partial charge in [-0.05, 0) is 47.4 Å². The molecule has 0 spiro atoms. The highest BCUT2D eigenvalue weighted by atomic mass is 32.2. The molecule has 6 rings (SSSR count). The van der Waals surface area contributed by atoms with Crippen molar-refractivity contribution in [2.75, 3.05) is 26.1 Å². The maximum absolute atomic E-state index is 12.8. The number of H-pyrrole nitrogens is 1. The van der Waals surface area contributed by atoms with E-state index in [-0.39, 0.29) is 34.2 Å². The number of thioether (sulfide) groups is 1. The predicted octanol–water partition coefficient (Wildman–Crippen LogP) is 5.11. The fraction of sp³-hybridized carbons (Fsp3) is 0.314. The molecule has 5 aromatic rings. The molecule has 1 amide bonds. The number of aromatic amines is 1. The lowest BCUT2D eigenvalue weighted by atomic mass is 9.80. The van der Waals surface area contributed by atoms with Crippen LogP contribution in [0.1, 0.15) is 42.3 Å². The third kappa shape index (κ3) is 6.36. The molecule has 1 aliphatic rings. The lowest BCUT2D eigenvalue weighted by Gasteiger charge is -2.37. The molecular formula is C35H37N5O6S. The zero-order chi connectivity index (χ0) is 33.1. The minimum atomic E-state index is -0.997. The Hall–Kier alpha value is -4.65. The van der Waals surface area contributed by atoms with E-state index >= 15 is 0 Å². The molecule has 0 bridgehead atoms. The van der Waals surface area contributed by atoms with E-state index in [2.05, 4.69) is 20.3 Å². The minimum absolute atomic E-state index is 0.0342. The number of carbonyl (C=O) groups is 1. The van der Waals surface area contributed by atoms with Crippen LogP contribution in [0.4, 0.5) is 5.95 Å². The Morgan fingerprint density at radius 1 is 1.00 bits per heavy atom. The number of fused-ring (bicyclic) bond motifs is 1. The first-order valence-electron chi connectivity index (χ1n) is 15.3. The van der Waals surface area contributed by atoms with Gasteiger partial charge >= 0.3 is 0 Å². The van der Waals surface area contributed by atoms with Crippen molar-refractivity contribution < 1.29 is 24.1 Å². The summed E-state index contributed by atoms with van der Waals surface area (Å²) in [7, 11) is 3.27. The van der Waals surface area contributed by atoms with Crippen LogP contribution in [-0.2, 0) is 15.1 Å². The van der Waals surface area contributed by atoms with Gasteiger partial charge < -0.3 is 19.3 Å². The van der Waals surface area contributed by atoms with Crippen molar-refractivity contribution in [3.8, 4) is 11.5 Å². The van der Waals surface area contributed by atoms with Gasteiger partial charge in [-0.25, -0.2) is 4.98 Å². The molecule has 244 valence electrons. The number of imidazole rings is 1. The van der Waals surface area contributed by atoms with Crippen molar-refractivity contribution in [3.05, 3.63) is 112 Å². The average molecular weight is 656 g/mol. The average Bonchev–Trinajstić information content (AvgIpc) is 3.68. The molecule has 1 saturated heterocycles. The molecule has 47 heavy (non-hydrogen) atoms. The van der Waals surface area contributed by atoms with E-state index in [0.717, 1.165) is 28.2 Å². The van der Waals surface area contributed by atoms with Crippen LogP contribution in [0.15, 0.2) is 90.0 Å². The Labute approximate surface area is 276 Å². The van der Waals surface area contributed by atoms with Crippen LogP contribution in [0.2, 0.25) is 0 Å². The first kappa shape index (κ1) is 32.3. The number of hydrogen-bond acceptors (Lipinski definition) is 9. The Morgan fingerprint density at radius 2 is 1.60 bits per heavy atom. The summed E-state index contributed by atoms with van der Waals surface area (Å²) in [6.45, 7) is 3.79. The van der Waals surface area contributed by atoms with Gasteiger partial charge in [0.25, 0.3) is 5.56 Å². The van der Waals surface area contributed by atoms with Crippen LogP contribution < -0.4 is 20.3 Å². The smallest absolute Gasteiger partial charge is 0.280 e. The normalized spacial score (nSPS) is 18.0. The molecule has 12 heteroatoms. The van der Waals surface area contributed by atoms with E-state index in [1.165, 1.54) is 18.1 Å². The van der Waals surface area contributed by atoms with Crippen molar-refractivity contribution in [2.24, 2.45) is 5.92 Å². The molecule has 3 heterocycles. The molecule has 3 atom stereocenters. The lowest BCUT2D eigenvalue weighted by molar-refractivity contribution is -0.118. The summed E-state index contributed by atoms with van der Waals surface area (Å²) in [6, 6.07) is 25.7. The number of aromatic nitrogens is 4. The van der Waals surface area contributed by atoms with E-state index in [0.29, 0.717) is 13.0 Å². The molecule has 1 aliphatic heterocycles. The zero-order valence-corrected chi connectivity index (χ0v) is 27.4. The van der Waals surface area contributed by atoms with Crippen LogP contribution in [0.25, 0.3) is 11.2 Å². The van der Waals surface area contributed by atoms with E-state index in [9.17, 15) is 14.7 Å². The molecular weight excluding hydrogens is 618 g/mol. The number of ether oxygens (including phenoxy) is 3. The van der Waals surface area contributed by atoms with Crippen LogP contribution in [0.3, 0.4) is 0 Å². The SMILES string of the molecule is COc1ccc(C(OC[C@@H]2C[C@@H](O)[C@H](n3cnc4c(=O)[nH]c(NC(=O)C(C)C)nc43)S2)(c2ccccc2)c2ccc(OC)cc2)cc1. The molecule has 3 N–H and O–H groups in total. The number of hydrogen-bond donors (Lipinski definition) is 3. The summed E-state index contributed by atoms with van der Waals surface area (Å²) in [5.41, 5.74) is 1.70. The fourth-order valence-corrected chi connectivity index (χ4v) is 7.24. The Bertz CT molecular complexity index is 1840. The number of rotatable bonds is 11. The molecule has 0 aliphatic carbocycles. The quantitative estimate of drug-likeness (QED) is 0.166. The van der Waals surface area contributed by atoms with Crippen molar-refractivity contribution in [1.29, 1.82) is 0 Å². The first-order valence-corrected chi connectivity index (χ1v) is 16.3. The summed E-state index contributed by atoms with van der Waals surface area (Å²) in [6.07, 6.45) is 1.17. The Kier molecular flexibility index (Phi) is 9.35. The van der Waals surface area contributed by atoms with Crippen LogP contribution in [0.5, 0.6) is 11.5 Å². The molecule has 2 aromatic heterocycles. The minimum Gasteiger partial charge on any atom is -0.497 e. The number of amides is 1. The predicted molar refractivity (Wildman–Crippen MR) is 181 cm³/mol. The number of methoxy groups -OCH3 is 2. The highest BCUT2D eigenvalue weighted by molar-refractivity contribution is 8.00. The van der Waals surface area contributed by atoms with Gasteiger partial charge in [0.1, 0.15) is 22.5 Å². The Balaban J connectivity index is 1.33. The van der Waals surface area contributed by atoms with E-state index in [1.807, 2.05) is 78.9 Å². The largest absolute Gasteiger partial charge is 0.497 e. The lowest BCUT2D eigenvalue weighted by Crippen LogP contribution is -2.35. The zero-order valence-electron chi connectivity index (χ0n) is 26.5. The van der Waals surface area contributed by atoms with Gasteiger partial charge in [-0.1, -0.05) is 68.4 Å². The summed E-state index contributed by atoms with van der Waals surface area (Å²) >= 11 is 1.53. The van der Waals surface area contributed by atoms with E-state index in [4.69, 9.17) is 14.2 Å². The number of aliphatic hydroxyl groups excluding tert-OH is 1. The second-order valence-corrected chi connectivity index (χ2v) is 13.1. The summed E-state index contributed by atoms with van der Waals surface area (Å²) in [4.78, 5) is 36.4. The molecule has 11 nitrogen and oxygen atoms in total. The monoisotopic (exact) mass is 655 g/mol. The first-order chi connectivity index (χ1) is 22.7. The number of anilines is 1. The molecule has 0 saturated carbocycles. The number of benzene rings is 3. The van der Waals surface area contributed by atoms with Crippen LogP contribution in [-0.4, -0.2) is 62.7 Å². The van der Waals surface area contributed by atoms with Crippen molar-refractivity contribution in [2.45, 2.75) is 42.6 Å². The van der Waals surface area contributed by atoms with Crippen molar-refractivity contribution in [3.63, 3.8) is 0 Å². The summed E-state index contributed by atoms with van der Waals surface area (Å²) < 4.78 is 19.7. The molecule has 3 aromatic carbocycles. The number of nitrogens with zero attached hydrogens (tertiary/aromatic N) is 3. The van der Waals surface area contributed by atoms with E-state index < -0.39 is 22.6 Å². The standard InChI is InChI=1S/C35H37N5O6S/c1-21(2)31(42)38-34-37-30-29(32(43)39-34)36-20-40(30)33-28(41)18-27(47-33)19-46-35(22-8-6-5-7-9-22,23-10-14-25(44-3)15-11-23)24-12-16-26(45-4)17-13-24/h5-17,20-21,27-28,33,41H,18-19H2,1-4H3,(H2,37,38,39,42,43)/t27-,28+,33+/m0/s1. The Morgan fingerprint density at radius 3 is 2.17 bits per heavy atom. The van der Waals surface area contributed by atoms with E-state index in [1.54, 1.807) is 32.6 Å². The maximum atomic E-state index is 12.8. The van der Waals surface area contributed by atoms with Crippen molar-refractivity contribution >= 4 is 34.8 Å². The second kappa shape index (κ2) is 13.6. The fourth-order valence-electron chi connectivity index (χ4n) is 5.81. The molecule has 1 fully saturated rings. The molecule has 0 unspecified atom stereocenters. The van der Waals surface area contributed by atoms with Crippen LogP contribution in [0, 0.1) is 5.92 Å². The van der Waals surface area contributed by atoms with Gasteiger partial charge in [0.15, 0.2) is 11.2 Å². The highest BCUT2D eigenvalue weighted by Gasteiger charge is 2.42. The van der Waals surface area contributed by atoms with Gasteiger partial charge in [-0.15, -0.1) is 11.8 Å². The van der Waals surface area contributed by atoms with Crippen LogP contribution >= 0.6 is 11.8 Å².